The maximum atomic E-state index is 12.3. The second-order valence-electron chi connectivity index (χ2n) is 5.95. The van der Waals surface area contributed by atoms with Crippen molar-refractivity contribution in [3.8, 4) is 0 Å². The lowest BCUT2D eigenvalue weighted by Gasteiger charge is -2.13. The van der Waals surface area contributed by atoms with Crippen LogP contribution in [0.4, 0.5) is 0 Å². The first-order valence-electron chi connectivity index (χ1n) is 7.71. The number of amides is 1. The van der Waals surface area contributed by atoms with Crippen LogP contribution in [0.5, 0.6) is 0 Å². The van der Waals surface area contributed by atoms with Crippen molar-refractivity contribution < 1.29 is 9.21 Å². The second kappa shape index (κ2) is 6.24. The molecule has 3 aromatic rings. The van der Waals surface area contributed by atoms with Gasteiger partial charge in [0.25, 0.3) is 0 Å². The van der Waals surface area contributed by atoms with E-state index in [1.54, 1.807) is 18.7 Å². The van der Waals surface area contributed by atoms with E-state index in [9.17, 15) is 4.79 Å². The Balaban J connectivity index is 1.74. The highest BCUT2D eigenvalue weighted by atomic mass is 16.3. The van der Waals surface area contributed by atoms with Gasteiger partial charge in [0.1, 0.15) is 5.58 Å². The van der Waals surface area contributed by atoms with E-state index in [0.717, 1.165) is 22.1 Å². The van der Waals surface area contributed by atoms with E-state index in [2.05, 4.69) is 30.2 Å². The zero-order chi connectivity index (χ0) is 16.4. The number of rotatable bonds is 4. The van der Waals surface area contributed by atoms with Gasteiger partial charge in [-0.25, -0.2) is 0 Å². The van der Waals surface area contributed by atoms with Crippen molar-refractivity contribution >= 4 is 16.9 Å². The molecule has 118 valence electrons. The summed E-state index contributed by atoms with van der Waals surface area (Å²) in [6.45, 7) is 6.07. The van der Waals surface area contributed by atoms with Crippen LogP contribution in [0.15, 0.2) is 47.3 Å². The molecule has 0 radical (unpaired) electrons. The van der Waals surface area contributed by atoms with Crippen LogP contribution in [0, 0.1) is 13.8 Å². The predicted octanol–water partition coefficient (Wildman–Crippen LogP) is 3.86. The number of carbonyl (C=O) groups is 1. The largest absolute Gasteiger partial charge is 0.464 e. The summed E-state index contributed by atoms with van der Waals surface area (Å²) >= 11 is 0. The number of nitrogens with zero attached hydrogens (tertiary/aromatic N) is 1. The molecule has 1 atom stereocenters. The minimum absolute atomic E-state index is 0.0257. The molecule has 1 N–H and O–H groups in total. The van der Waals surface area contributed by atoms with Crippen LogP contribution in [0.25, 0.3) is 11.0 Å². The van der Waals surface area contributed by atoms with Gasteiger partial charge in [0.05, 0.1) is 18.7 Å². The molecule has 1 unspecified atom stereocenters. The van der Waals surface area contributed by atoms with E-state index in [1.807, 2.05) is 25.1 Å². The van der Waals surface area contributed by atoms with Gasteiger partial charge in [-0.1, -0.05) is 6.07 Å². The first kappa shape index (κ1) is 15.3. The lowest BCUT2D eigenvalue weighted by Crippen LogP contribution is -2.28. The first-order valence-corrected chi connectivity index (χ1v) is 7.71. The molecule has 2 aromatic heterocycles. The molecule has 0 bridgehead atoms. The number of furan rings is 1. The minimum Gasteiger partial charge on any atom is -0.464 e. The molecule has 0 spiro atoms. The van der Waals surface area contributed by atoms with E-state index in [-0.39, 0.29) is 11.9 Å². The van der Waals surface area contributed by atoms with Gasteiger partial charge in [0.15, 0.2) is 0 Å². The Bertz CT molecular complexity index is 837. The summed E-state index contributed by atoms with van der Waals surface area (Å²) in [6, 6.07) is 7.86. The number of carbonyl (C=O) groups excluding carboxylic acids is 1. The molecule has 0 saturated carbocycles. The molecule has 1 aromatic carbocycles. The summed E-state index contributed by atoms with van der Waals surface area (Å²) in [5.74, 6) is -0.0257. The minimum atomic E-state index is -0.0710. The summed E-state index contributed by atoms with van der Waals surface area (Å²) < 4.78 is 5.59. The van der Waals surface area contributed by atoms with E-state index in [0.29, 0.717) is 6.42 Å². The smallest absolute Gasteiger partial charge is 0.225 e. The Kier molecular flexibility index (Phi) is 4.15. The van der Waals surface area contributed by atoms with Crippen molar-refractivity contribution in [2.24, 2.45) is 0 Å². The highest BCUT2D eigenvalue weighted by Gasteiger charge is 2.14. The van der Waals surface area contributed by atoms with Crippen LogP contribution < -0.4 is 5.32 Å². The summed E-state index contributed by atoms with van der Waals surface area (Å²) in [5.41, 5.74) is 5.12. The van der Waals surface area contributed by atoms with Crippen LogP contribution in [0.1, 0.15) is 35.2 Å². The van der Waals surface area contributed by atoms with Gasteiger partial charge < -0.3 is 9.73 Å². The van der Waals surface area contributed by atoms with Crippen molar-refractivity contribution in [2.45, 2.75) is 33.2 Å². The lowest BCUT2D eigenvalue weighted by atomic mass is 10.0. The predicted molar refractivity (Wildman–Crippen MR) is 90.2 cm³/mol. The summed E-state index contributed by atoms with van der Waals surface area (Å²) in [5, 5.41) is 4.02. The maximum absolute atomic E-state index is 12.3. The van der Waals surface area contributed by atoms with E-state index in [1.165, 1.54) is 11.1 Å². The van der Waals surface area contributed by atoms with Crippen molar-refractivity contribution in [2.75, 3.05) is 0 Å². The molecule has 0 saturated heterocycles. The van der Waals surface area contributed by atoms with Crippen LogP contribution in [0.2, 0.25) is 0 Å². The Morgan fingerprint density at radius 3 is 2.83 bits per heavy atom. The molecule has 4 nitrogen and oxygen atoms in total. The molecule has 2 heterocycles. The topological polar surface area (TPSA) is 55.1 Å². The van der Waals surface area contributed by atoms with Gasteiger partial charge in [0, 0.05) is 23.3 Å². The fourth-order valence-electron chi connectivity index (χ4n) is 2.65. The van der Waals surface area contributed by atoms with Crippen molar-refractivity contribution in [1.29, 1.82) is 0 Å². The van der Waals surface area contributed by atoms with Gasteiger partial charge in [0.2, 0.25) is 5.91 Å². The molecule has 4 heteroatoms. The van der Waals surface area contributed by atoms with E-state index >= 15 is 0 Å². The molecule has 3 rings (SSSR count). The molecule has 0 aliphatic rings. The van der Waals surface area contributed by atoms with Gasteiger partial charge >= 0.3 is 0 Å². The van der Waals surface area contributed by atoms with Crippen molar-refractivity contribution in [3.63, 3.8) is 0 Å². The van der Waals surface area contributed by atoms with Crippen molar-refractivity contribution in [1.82, 2.24) is 10.3 Å². The van der Waals surface area contributed by atoms with E-state index < -0.39 is 0 Å². The molecule has 1 amide bonds. The van der Waals surface area contributed by atoms with Crippen LogP contribution in [-0.4, -0.2) is 10.9 Å². The third kappa shape index (κ3) is 3.26. The Hall–Kier alpha value is -2.62. The average molecular weight is 308 g/mol. The lowest BCUT2D eigenvalue weighted by molar-refractivity contribution is -0.121. The molecule has 23 heavy (non-hydrogen) atoms. The molecule has 0 aliphatic heterocycles. The standard InChI is InChI=1S/C19H20N2O2/c1-12-7-17-16(11-23-18(17)8-13(12)2)9-19(22)21-14(3)15-5-4-6-20-10-15/h4-8,10-11,14H,9H2,1-3H3,(H,21,22). The third-order valence-electron chi connectivity index (χ3n) is 4.18. The number of aryl methyl sites for hydroxylation is 2. The Morgan fingerprint density at radius 1 is 1.30 bits per heavy atom. The fourth-order valence-corrected chi connectivity index (χ4v) is 2.65. The Labute approximate surface area is 135 Å². The highest BCUT2D eigenvalue weighted by molar-refractivity contribution is 5.88. The molecular formula is C19H20N2O2. The van der Waals surface area contributed by atoms with Gasteiger partial charge in [-0.15, -0.1) is 0 Å². The number of hydrogen-bond acceptors (Lipinski definition) is 3. The average Bonchev–Trinajstić information content (AvgIpc) is 2.90. The Morgan fingerprint density at radius 2 is 2.09 bits per heavy atom. The number of nitrogens with one attached hydrogen (secondary N) is 1. The second-order valence-corrected chi connectivity index (χ2v) is 5.95. The number of benzene rings is 1. The van der Waals surface area contributed by atoms with Crippen LogP contribution in [0.3, 0.4) is 0 Å². The number of aromatic nitrogens is 1. The molecule has 0 fully saturated rings. The van der Waals surface area contributed by atoms with Crippen LogP contribution in [-0.2, 0) is 11.2 Å². The summed E-state index contributed by atoms with van der Waals surface area (Å²) in [6.07, 6.45) is 5.47. The van der Waals surface area contributed by atoms with Gasteiger partial charge in [-0.3, -0.25) is 9.78 Å². The zero-order valence-electron chi connectivity index (χ0n) is 13.6. The van der Waals surface area contributed by atoms with Crippen molar-refractivity contribution in [3.05, 3.63) is 65.2 Å². The van der Waals surface area contributed by atoms with Gasteiger partial charge in [-0.2, -0.15) is 0 Å². The number of fused-ring (bicyclic) bond motifs is 1. The fraction of sp³-hybridized carbons (Fsp3) is 0.263. The maximum Gasteiger partial charge on any atom is 0.225 e. The molecule has 0 aliphatic carbocycles. The summed E-state index contributed by atoms with van der Waals surface area (Å²) in [7, 11) is 0. The van der Waals surface area contributed by atoms with Crippen LogP contribution >= 0.6 is 0 Å². The SMILES string of the molecule is Cc1cc2occ(CC(=O)NC(C)c3cccnc3)c2cc1C. The summed E-state index contributed by atoms with van der Waals surface area (Å²) in [4.78, 5) is 16.4. The monoisotopic (exact) mass is 308 g/mol. The quantitative estimate of drug-likeness (QED) is 0.796. The highest BCUT2D eigenvalue weighted by Crippen LogP contribution is 2.25. The van der Waals surface area contributed by atoms with E-state index in [4.69, 9.17) is 4.42 Å². The first-order chi connectivity index (χ1) is 11.0. The number of hydrogen-bond donors (Lipinski definition) is 1. The number of pyridine rings is 1. The zero-order valence-corrected chi connectivity index (χ0v) is 13.6. The third-order valence-corrected chi connectivity index (χ3v) is 4.18. The van der Waals surface area contributed by atoms with Gasteiger partial charge in [-0.05, 0) is 55.7 Å². The normalized spacial score (nSPS) is 12.3. The molecular weight excluding hydrogens is 288 g/mol.